The second-order valence-corrected chi connectivity index (χ2v) is 8.81. The number of benzene rings is 1. The highest BCUT2D eigenvalue weighted by molar-refractivity contribution is 6.30. The molecule has 0 unspecified atom stereocenters. The van der Waals surface area contributed by atoms with Gasteiger partial charge in [-0.2, -0.15) is 0 Å². The van der Waals surface area contributed by atoms with Crippen LogP contribution in [0.25, 0.3) is 11.3 Å². The lowest BCUT2D eigenvalue weighted by Crippen LogP contribution is -2.45. The van der Waals surface area contributed by atoms with Crippen molar-refractivity contribution in [3.8, 4) is 17.0 Å². The minimum atomic E-state index is -0.854. The zero-order chi connectivity index (χ0) is 20.1. The van der Waals surface area contributed by atoms with E-state index in [1.54, 1.807) is 12.1 Å². The van der Waals surface area contributed by atoms with Gasteiger partial charge in [-0.3, -0.25) is 0 Å². The van der Waals surface area contributed by atoms with Crippen LogP contribution in [0.4, 0.5) is 10.2 Å². The zero-order valence-corrected chi connectivity index (χ0v) is 17.0. The molecule has 2 N–H and O–H groups in total. The second-order valence-electron chi connectivity index (χ2n) is 8.37. The van der Waals surface area contributed by atoms with E-state index in [1.807, 2.05) is 11.9 Å². The summed E-state index contributed by atoms with van der Waals surface area (Å²) in [6.45, 7) is 1.22. The van der Waals surface area contributed by atoms with Crippen LogP contribution in [0.15, 0.2) is 18.2 Å². The van der Waals surface area contributed by atoms with Crippen LogP contribution in [0.3, 0.4) is 0 Å². The number of hydrogen-bond donors (Lipinski definition) is 2. The van der Waals surface area contributed by atoms with Gasteiger partial charge in [0, 0.05) is 48.1 Å². The molecule has 4 atom stereocenters. The molecule has 2 bridgehead atoms. The third-order valence-corrected chi connectivity index (χ3v) is 6.35. The van der Waals surface area contributed by atoms with Crippen molar-refractivity contribution in [2.24, 2.45) is 0 Å². The molecule has 29 heavy (non-hydrogen) atoms. The molecule has 0 saturated carbocycles. The molecule has 0 radical (unpaired) electrons. The lowest BCUT2D eigenvalue weighted by atomic mass is 9.93. The van der Waals surface area contributed by atoms with E-state index >= 15 is 0 Å². The Morgan fingerprint density at radius 2 is 2.14 bits per heavy atom. The van der Waals surface area contributed by atoms with Crippen molar-refractivity contribution in [2.75, 3.05) is 25.5 Å². The minimum absolute atomic E-state index is 0.0314. The maximum absolute atomic E-state index is 14.1. The lowest BCUT2D eigenvalue weighted by Gasteiger charge is -2.34. The highest BCUT2D eigenvalue weighted by Crippen LogP contribution is 2.47. The third kappa shape index (κ3) is 3.56. The number of halogens is 2. The SMILES string of the molecule is CN1C[C@H](F)C[C@@H](Nc2nnc(-c3ccc(Cl)cc3O)c3c2[C@@H]2CC[C@H](C3)O2)C1. The first-order valence-electron chi connectivity index (χ1n) is 10.1. The number of likely N-dealkylation sites (tertiary alicyclic amines) is 1. The molecule has 6 nitrogen and oxygen atoms in total. The number of aromatic hydroxyl groups is 1. The van der Waals surface area contributed by atoms with E-state index in [-0.39, 0.29) is 24.0 Å². The second kappa shape index (κ2) is 7.38. The standard InChI is InChI=1S/C21H24ClFN4O2/c1-27-9-12(23)7-13(10-27)24-21-19-16(8-14-3-5-18(19)29-14)20(25-26-21)15-4-2-11(22)6-17(15)28/h2,4,6,12-14,18,28H,3,5,7-10H2,1H3,(H,24,26)/t12-,13-,14-,18+/m1/s1. The summed E-state index contributed by atoms with van der Waals surface area (Å²) in [4.78, 5) is 1.99. The molecule has 0 aliphatic carbocycles. The first-order valence-corrected chi connectivity index (χ1v) is 10.5. The van der Waals surface area contributed by atoms with Crippen LogP contribution in [-0.2, 0) is 11.2 Å². The Morgan fingerprint density at radius 3 is 2.93 bits per heavy atom. The van der Waals surface area contributed by atoms with Crippen molar-refractivity contribution >= 4 is 17.4 Å². The molecule has 3 aliphatic heterocycles. The summed E-state index contributed by atoms with van der Waals surface area (Å²) < 4.78 is 20.2. The Balaban J connectivity index is 1.56. The van der Waals surface area contributed by atoms with Gasteiger partial charge in [0.1, 0.15) is 17.6 Å². The Kier molecular flexibility index (Phi) is 4.84. The molecular formula is C21H24ClFN4O2. The van der Waals surface area contributed by atoms with Crippen molar-refractivity contribution < 1.29 is 14.2 Å². The van der Waals surface area contributed by atoms with Crippen LogP contribution >= 0.6 is 11.6 Å². The van der Waals surface area contributed by atoms with Gasteiger partial charge in [0.2, 0.25) is 0 Å². The van der Waals surface area contributed by atoms with Gasteiger partial charge in [0.05, 0.1) is 12.2 Å². The number of rotatable bonds is 3. The number of fused-ring (bicyclic) bond motifs is 4. The molecule has 1 aromatic carbocycles. The van der Waals surface area contributed by atoms with Crippen LogP contribution < -0.4 is 5.32 Å². The summed E-state index contributed by atoms with van der Waals surface area (Å²) in [5.41, 5.74) is 3.35. The number of anilines is 1. The maximum Gasteiger partial charge on any atom is 0.155 e. The van der Waals surface area contributed by atoms with Crippen molar-refractivity contribution in [1.29, 1.82) is 0 Å². The van der Waals surface area contributed by atoms with E-state index in [0.29, 0.717) is 35.1 Å². The Bertz CT molecular complexity index is 933. The number of ether oxygens (including phenoxy) is 1. The highest BCUT2D eigenvalue weighted by atomic mass is 35.5. The first kappa shape index (κ1) is 19.0. The summed E-state index contributed by atoms with van der Waals surface area (Å²) >= 11 is 6.00. The predicted octanol–water partition coefficient (Wildman–Crippen LogP) is 3.73. The average molecular weight is 419 g/mol. The molecule has 2 fully saturated rings. The summed E-state index contributed by atoms with van der Waals surface area (Å²) in [7, 11) is 1.93. The summed E-state index contributed by atoms with van der Waals surface area (Å²) in [6, 6.07) is 5.00. The molecular weight excluding hydrogens is 395 g/mol. The Morgan fingerprint density at radius 1 is 1.28 bits per heavy atom. The van der Waals surface area contributed by atoms with Crippen molar-refractivity contribution in [1.82, 2.24) is 15.1 Å². The smallest absolute Gasteiger partial charge is 0.155 e. The molecule has 2 aromatic rings. The minimum Gasteiger partial charge on any atom is -0.507 e. The molecule has 3 aliphatic rings. The monoisotopic (exact) mass is 418 g/mol. The van der Waals surface area contributed by atoms with E-state index in [2.05, 4.69) is 15.5 Å². The third-order valence-electron chi connectivity index (χ3n) is 6.12. The average Bonchev–Trinajstić information content (AvgIpc) is 3.03. The lowest BCUT2D eigenvalue weighted by molar-refractivity contribution is 0.0325. The molecule has 0 amide bonds. The highest BCUT2D eigenvalue weighted by Gasteiger charge is 2.39. The van der Waals surface area contributed by atoms with Gasteiger partial charge in [-0.1, -0.05) is 11.6 Å². The van der Waals surface area contributed by atoms with Crippen molar-refractivity contribution in [3.63, 3.8) is 0 Å². The van der Waals surface area contributed by atoms with Crippen LogP contribution in [0.2, 0.25) is 5.02 Å². The normalized spacial score (nSPS) is 28.9. The molecule has 8 heteroatoms. The summed E-state index contributed by atoms with van der Waals surface area (Å²) in [5.74, 6) is 0.762. The number of nitrogens with one attached hydrogen (secondary N) is 1. The van der Waals surface area contributed by atoms with Gasteiger partial charge in [0.25, 0.3) is 0 Å². The fraction of sp³-hybridized carbons (Fsp3) is 0.524. The number of likely N-dealkylation sites (N-methyl/N-ethyl adjacent to an activating group) is 1. The van der Waals surface area contributed by atoms with E-state index < -0.39 is 6.17 Å². The van der Waals surface area contributed by atoms with Gasteiger partial charge in [-0.25, -0.2) is 4.39 Å². The fourth-order valence-electron chi connectivity index (χ4n) is 4.91. The Hall–Kier alpha value is -1.96. The first-order chi connectivity index (χ1) is 14.0. The molecule has 2 saturated heterocycles. The number of hydrogen-bond acceptors (Lipinski definition) is 6. The summed E-state index contributed by atoms with van der Waals surface area (Å²) in [5, 5.41) is 23.3. The van der Waals surface area contributed by atoms with Crippen LogP contribution in [-0.4, -0.2) is 58.7 Å². The van der Waals surface area contributed by atoms with Crippen LogP contribution in [0, 0.1) is 0 Å². The Labute approximate surface area is 174 Å². The predicted molar refractivity (Wildman–Crippen MR) is 109 cm³/mol. The molecule has 4 heterocycles. The summed E-state index contributed by atoms with van der Waals surface area (Å²) in [6.07, 6.45) is 2.36. The zero-order valence-electron chi connectivity index (χ0n) is 16.2. The largest absolute Gasteiger partial charge is 0.507 e. The van der Waals surface area contributed by atoms with Crippen molar-refractivity contribution in [3.05, 3.63) is 34.3 Å². The number of nitrogens with zero attached hydrogens (tertiary/aromatic N) is 3. The van der Waals surface area contributed by atoms with Gasteiger partial charge < -0.3 is 20.1 Å². The van der Waals surface area contributed by atoms with E-state index in [0.717, 1.165) is 36.9 Å². The number of piperidine rings is 1. The maximum atomic E-state index is 14.1. The van der Waals surface area contributed by atoms with Crippen LogP contribution in [0.1, 0.15) is 36.5 Å². The number of alkyl halides is 1. The van der Waals surface area contributed by atoms with Gasteiger partial charge in [-0.05, 0) is 43.7 Å². The van der Waals surface area contributed by atoms with E-state index in [1.165, 1.54) is 6.07 Å². The van der Waals surface area contributed by atoms with Crippen LogP contribution in [0.5, 0.6) is 5.75 Å². The van der Waals surface area contributed by atoms with Gasteiger partial charge >= 0.3 is 0 Å². The molecule has 1 aromatic heterocycles. The van der Waals surface area contributed by atoms with Crippen molar-refractivity contribution in [2.45, 2.75) is 50.1 Å². The molecule has 154 valence electrons. The topological polar surface area (TPSA) is 70.5 Å². The molecule has 0 spiro atoms. The number of phenols is 1. The quantitative estimate of drug-likeness (QED) is 0.791. The molecule has 5 rings (SSSR count). The van der Waals surface area contributed by atoms with E-state index in [9.17, 15) is 9.50 Å². The van der Waals surface area contributed by atoms with E-state index in [4.69, 9.17) is 16.3 Å². The number of phenolic OH excluding ortho intramolecular Hbond substituents is 1. The fourth-order valence-corrected chi connectivity index (χ4v) is 5.07. The number of aromatic nitrogens is 2. The van der Waals surface area contributed by atoms with Gasteiger partial charge in [0.15, 0.2) is 5.82 Å². The van der Waals surface area contributed by atoms with Gasteiger partial charge in [-0.15, -0.1) is 10.2 Å².